The van der Waals surface area contributed by atoms with Gasteiger partial charge in [-0.2, -0.15) is 5.26 Å². The zero-order chi connectivity index (χ0) is 28.1. The van der Waals surface area contributed by atoms with Crippen molar-refractivity contribution in [1.29, 1.82) is 5.26 Å². The van der Waals surface area contributed by atoms with Crippen LogP contribution in [-0.2, 0) is 11.8 Å². The number of hydrogen-bond donors (Lipinski definition) is 1. The summed E-state index contributed by atoms with van der Waals surface area (Å²) < 4.78 is 0. The van der Waals surface area contributed by atoms with Gasteiger partial charge in [-0.05, 0) is 91.6 Å². The standard InChI is InChI=1S/C38H38N2/c1-5-11-33(24-28(3)35-14-9-10-15-37(35)40-34-12-7-6-8-13-34)38(32-21-16-27(2)17-22-32)29(4)18-20-31-25-30(26-39)19-23-36(31)38/h5-9,11-14,16-17,19,21-25,28,40H,4,10,15,18,20H2,1-3H3/b11-5-,33-24+. The third-order valence-corrected chi connectivity index (χ3v) is 8.32. The summed E-state index contributed by atoms with van der Waals surface area (Å²) in [6.07, 6.45) is 15.3. The number of allylic oxidation sites excluding steroid dienone is 9. The second kappa shape index (κ2) is 11.8. The SMILES string of the molecule is C=C1CCc2cc(C#N)ccc2C1(C(/C=C\C)=C/C(C)C1=C(Nc2ccccc2)CCC=C1)c1ccc(C)cc1. The van der Waals surface area contributed by atoms with Crippen LogP contribution in [0.1, 0.15) is 60.9 Å². The van der Waals surface area contributed by atoms with Crippen molar-refractivity contribution < 1.29 is 0 Å². The van der Waals surface area contributed by atoms with Crippen LogP contribution in [-0.4, -0.2) is 0 Å². The van der Waals surface area contributed by atoms with E-state index in [0.29, 0.717) is 5.56 Å². The van der Waals surface area contributed by atoms with Gasteiger partial charge < -0.3 is 5.32 Å². The maximum atomic E-state index is 9.65. The molecule has 0 aromatic heterocycles. The lowest BCUT2D eigenvalue weighted by atomic mass is 9.59. The molecule has 1 N–H and O–H groups in total. The molecule has 5 rings (SSSR count). The van der Waals surface area contributed by atoms with Crippen molar-refractivity contribution in [1.82, 2.24) is 0 Å². The molecule has 200 valence electrons. The van der Waals surface area contributed by atoms with E-state index in [4.69, 9.17) is 6.58 Å². The minimum atomic E-state index is -0.498. The van der Waals surface area contributed by atoms with Crippen LogP contribution in [0.25, 0.3) is 0 Å². The first kappa shape index (κ1) is 27.2. The lowest BCUT2D eigenvalue weighted by Gasteiger charge is -2.43. The van der Waals surface area contributed by atoms with Crippen LogP contribution in [0.15, 0.2) is 132 Å². The molecule has 2 nitrogen and oxygen atoms in total. The Hall–Kier alpha value is -4.35. The normalized spacial score (nSPS) is 19.9. The molecular weight excluding hydrogens is 484 g/mol. The summed E-state index contributed by atoms with van der Waals surface area (Å²) in [5, 5.41) is 13.4. The summed E-state index contributed by atoms with van der Waals surface area (Å²) in [7, 11) is 0. The van der Waals surface area contributed by atoms with Crippen molar-refractivity contribution >= 4 is 5.69 Å². The molecule has 0 heterocycles. The first-order valence-corrected chi connectivity index (χ1v) is 14.3. The van der Waals surface area contributed by atoms with Gasteiger partial charge in [0.05, 0.1) is 17.0 Å². The number of rotatable bonds is 7. The Bertz CT molecular complexity index is 1560. The average molecular weight is 523 g/mol. The average Bonchev–Trinajstić information content (AvgIpc) is 2.98. The Morgan fingerprint density at radius 2 is 1.80 bits per heavy atom. The van der Waals surface area contributed by atoms with Crippen molar-refractivity contribution in [2.75, 3.05) is 5.32 Å². The van der Waals surface area contributed by atoms with E-state index in [0.717, 1.165) is 31.4 Å². The minimum absolute atomic E-state index is 0.174. The molecule has 2 heteroatoms. The maximum absolute atomic E-state index is 9.65. The number of para-hydroxylation sites is 1. The summed E-state index contributed by atoms with van der Waals surface area (Å²) in [5.41, 5.74) is 11.3. The second-order valence-corrected chi connectivity index (χ2v) is 11.0. The van der Waals surface area contributed by atoms with Crippen LogP contribution in [0.2, 0.25) is 0 Å². The molecule has 40 heavy (non-hydrogen) atoms. The number of aryl methyl sites for hydroxylation is 2. The fourth-order valence-electron chi connectivity index (χ4n) is 6.37. The molecule has 0 saturated heterocycles. The van der Waals surface area contributed by atoms with Crippen LogP contribution in [0.3, 0.4) is 0 Å². The monoisotopic (exact) mass is 522 g/mol. The molecular formula is C38H38N2. The Morgan fingerprint density at radius 1 is 1.02 bits per heavy atom. The fourth-order valence-corrected chi connectivity index (χ4v) is 6.37. The molecule has 3 aromatic carbocycles. The minimum Gasteiger partial charge on any atom is -0.359 e. The van der Waals surface area contributed by atoms with E-state index >= 15 is 0 Å². The van der Waals surface area contributed by atoms with Gasteiger partial charge in [-0.25, -0.2) is 0 Å². The number of hydrogen-bond acceptors (Lipinski definition) is 2. The van der Waals surface area contributed by atoms with Crippen molar-refractivity contribution in [3.05, 3.63) is 160 Å². The number of fused-ring (bicyclic) bond motifs is 1. The number of nitriles is 1. The molecule has 0 amide bonds. The summed E-state index contributed by atoms with van der Waals surface area (Å²) in [4.78, 5) is 0. The van der Waals surface area contributed by atoms with Gasteiger partial charge in [0.2, 0.25) is 0 Å². The lowest BCUT2D eigenvalue weighted by molar-refractivity contribution is 0.627. The molecule has 3 aromatic rings. The number of anilines is 1. The van der Waals surface area contributed by atoms with E-state index in [-0.39, 0.29) is 5.92 Å². The van der Waals surface area contributed by atoms with Crippen LogP contribution in [0, 0.1) is 24.2 Å². The van der Waals surface area contributed by atoms with Gasteiger partial charge in [0, 0.05) is 17.3 Å². The summed E-state index contributed by atoms with van der Waals surface area (Å²) in [6.45, 7) is 11.2. The van der Waals surface area contributed by atoms with E-state index in [1.165, 1.54) is 44.7 Å². The lowest BCUT2D eigenvalue weighted by Crippen LogP contribution is -2.36. The molecule has 2 aliphatic rings. The van der Waals surface area contributed by atoms with Gasteiger partial charge in [0.1, 0.15) is 0 Å². The summed E-state index contributed by atoms with van der Waals surface area (Å²) in [6, 6.07) is 27.9. The van der Waals surface area contributed by atoms with E-state index < -0.39 is 5.41 Å². The highest BCUT2D eigenvalue weighted by Gasteiger charge is 2.43. The Labute approximate surface area is 239 Å². The zero-order valence-corrected chi connectivity index (χ0v) is 23.9. The van der Waals surface area contributed by atoms with Crippen LogP contribution in [0.5, 0.6) is 0 Å². The Balaban J connectivity index is 1.71. The molecule has 2 atom stereocenters. The second-order valence-electron chi connectivity index (χ2n) is 11.0. The van der Waals surface area contributed by atoms with Gasteiger partial charge in [0.15, 0.2) is 0 Å². The maximum Gasteiger partial charge on any atom is 0.0991 e. The number of nitrogens with zero attached hydrogens (tertiary/aromatic N) is 1. The highest BCUT2D eigenvalue weighted by Crippen LogP contribution is 2.51. The predicted molar refractivity (Wildman–Crippen MR) is 168 cm³/mol. The first-order chi connectivity index (χ1) is 19.5. The van der Waals surface area contributed by atoms with Gasteiger partial charge in [-0.3, -0.25) is 0 Å². The molecule has 0 radical (unpaired) electrons. The quantitative estimate of drug-likeness (QED) is 0.248. The van der Waals surface area contributed by atoms with Gasteiger partial charge >= 0.3 is 0 Å². The highest BCUT2D eigenvalue weighted by molar-refractivity contribution is 5.65. The molecule has 0 aliphatic heterocycles. The molecule has 2 unspecified atom stereocenters. The Kier molecular flexibility index (Phi) is 8.04. The van der Waals surface area contributed by atoms with E-state index in [1.807, 2.05) is 6.07 Å². The predicted octanol–water partition coefficient (Wildman–Crippen LogP) is 9.51. The topological polar surface area (TPSA) is 35.8 Å². The number of benzene rings is 3. The summed E-state index contributed by atoms with van der Waals surface area (Å²) in [5.74, 6) is 0.174. The largest absolute Gasteiger partial charge is 0.359 e. The molecule has 0 fully saturated rings. The van der Waals surface area contributed by atoms with Crippen LogP contribution >= 0.6 is 0 Å². The third-order valence-electron chi connectivity index (χ3n) is 8.32. The van der Waals surface area contributed by atoms with Crippen molar-refractivity contribution in [3.63, 3.8) is 0 Å². The third kappa shape index (κ3) is 5.13. The molecule has 2 aliphatic carbocycles. The van der Waals surface area contributed by atoms with Crippen LogP contribution in [0.4, 0.5) is 5.69 Å². The molecule has 0 spiro atoms. The van der Waals surface area contributed by atoms with E-state index in [9.17, 15) is 5.26 Å². The fraction of sp³-hybridized carbons (Fsp3) is 0.237. The highest BCUT2D eigenvalue weighted by atomic mass is 14.9. The van der Waals surface area contributed by atoms with Gasteiger partial charge in [-0.1, -0.05) is 104 Å². The van der Waals surface area contributed by atoms with E-state index in [1.54, 1.807) is 0 Å². The van der Waals surface area contributed by atoms with Crippen molar-refractivity contribution in [2.24, 2.45) is 5.92 Å². The summed E-state index contributed by atoms with van der Waals surface area (Å²) >= 11 is 0. The van der Waals surface area contributed by atoms with Crippen molar-refractivity contribution in [3.8, 4) is 6.07 Å². The smallest absolute Gasteiger partial charge is 0.0991 e. The Morgan fingerprint density at radius 3 is 2.52 bits per heavy atom. The van der Waals surface area contributed by atoms with Crippen molar-refractivity contribution in [2.45, 2.75) is 51.9 Å². The molecule has 0 saturated carbocycles. The van der Waals surface area contributed by atoms with Gasteiger partial charge in [0.25, 0.3) is 0 Å². The number of nitrogens with one attached hydrogen (secondary N) is 1. The zero-order valence-electron chi connectivity index (χ0n) is 23.9. The molecule has 0 bridgehead atoms. The first-order valence-electron chi connectivity index (χ1n) is 14.3. The van der Waals surface area contributed by atoms with Crippen LogP contribution < -0.4 is 5.32 Å². The van der Waals surface area contributed by atoms with Gasteiger partial charge in [-0.15, -0.1) is 0 Å². The van der Waals surface area contributed by atoms with E-state index in [2.05, 4.69) is 129 Å².